The molecule has 0 unspecified atom stereocenters. The highest BCUT2D eigenvalue weighted by atomic mass is 16.6. The number of rotatable bonds is 4. The minimum atomic E-state index is -0.612. The Morgan fingerprint density at radius 1 is 1.23 bits per heavy atom. The van der Waals surface area contributed by atoms with Gasteiger partial charge in [-0.1, -0.05) is 12.1 Å². The number of nitrogens with one attached hydrogen (secondary N) is 2. The molecule has 2 aromatic rings. The maximum atomic E-state index is 12.3. The minimum absolute atomic E-state index is 0.0445. The van der Waals surface area contributed by atoms with Gasteiger partial charge in [-0.3, -0.25) is 14.9 Å². The molecule has 2 rings (SSSR count). The largest absolute Gasteiger partial charge is 0.386 e. The lowest BCUT2D eigenvalue weighted by Crippen LogP contribution is -2.15. The minimum Gasteiger partial charge on any atom is -0.386 e. The first kappa shape index (κ1) is 15.0. The first-order chi connectivity index (χ1) is 10.6. The lowest BCUT2D eigenvalue weighted by molar-refractivity contribution is -0.385. The fourth-order valence-electron chi connectivity index (χ4n) is 1.95. The van der Waals surface area contributed by atoms with Gasteiger partial charge in [0.2, 0.25) is 0 Å². The molecular weight excluding hydrogens is 284 g/mol. The molecule has 0 aliphatic rings. The molecule has 0 radical (unpaired) electrons. The number of carbonyl (C=O) groups is 1. The van der Waals surface area contributed by atoms with E-state index in [-0.39, 0.29) is 11.3 Å². The standard InChI is InChI=1S/C15H12N4O3/c1-17-12-7-6-10(9-16)8-13(12)18-15(20)11-4-2-3-5-14(11)19(21)22/h2-8,17H,1H3,(H,18,20). The fourth-order valence-corrected chi connectivity index (χ4v) is 1.95. The van der Waals surface area contributed by atoms with Gasteiger partial charge in [-0.15, -0.1) is 0 Å². The van der Waals surface area contributed by atoms with Crippen LogP contribution in [0.25, 0.3) is 0 Å². The van der Waals surface area contributed by atoms with E-state index in [1.165, 1.54) is 24.3 Å². The zero-order valence-corrected chi connectivity index (χ0v) is 11.7. The van der Waals surface area contributed by atoms with Crippen molar-refractivity contribution < 1.29 is 9.72 Å². The molecule has 0 aromatic heterocycles. The molecule has 0 saturated carbocycles. The highest BCUT2D eigenvalue weighted by Gasteiger charge is 2.20. The molecule has 0 spiro atoms. The van der Waals surface area contributed by atoms with E-state index in [2.05, 4.69) is 10.6 Å². The van der Waals surface area contributed by atoms with E-state index in [1.807, 2.05) is 6.07 Å². The van der Waals surface area contributed by atoms with Gasteiger partial charge in [0.15, 0.2) is 0 Å². The van der Waals surface area contributed by atoms with E-state index in [4.69, 9.17) is 5.26 Å². The number of nitro groups is 1. The Balaban J connectivity index is 2.38. The molecule has 2 N–H and O–H groups in total. The fraction of sp³-hybridized carbons (Fsp3) is 0.0667. The molecule has 7 nitrogen and oxygen atoms in total. The molecule has 2 aromatic carbocycles. The summed E-state index contributed by atoms with van der Waals surface area (Å²) in [6.45, 7) is 0. The van der Waals surface area contributed by atoms with Crippen LogP contribution in [-0.4, -0.2) is 17.9 Å². The second-order valence-electron chi connectivity index (χ2n) is 4.35. The van der Waals surface area contributed by atoms with Gasteiger partial charge in [-0.05, 0) is 24.3 Å². The Morgan fingerprint density at radius 3 is 2.59 bits per heavy atom. The van der Waals surface area contributed by atoms with Crippen LogP contribution in [0.15, 0.2) is 42.5 Å². The molecular formula is C15H12N4O3. The van der Waals surface area contributed by atoms with Crippen molar-refractivity contribution in [2.24, 2.45) is 0 Å². The Morgan fingerprint density at radius 2 is 1.95 bits per heavy atom. The van der Waals surface area contributed by atoms with Crippen LogP contribution in [0.5, 0.6) is 0 Å². The third kappa shape index (κ3) is 3.02. The number of nitriles is 1. The molecule has 0 aliphatic heterocycles. The maximum Gasteiger partial charge on any atom is 0.282 e. The summed E-state index contributed by atoms with van der Waals surface area (Å²) in [7, 11) is 1.67. The van der Waals surface area contributed by atoms with E-state index in [0.29, 0.717) is 16.9 Å². The molecule has 22 heavy (non-hydrogen) atoms. The second-order valence-corrected chi connectivity index (χ2v) is 4.35. The van der Waals surface area contributed by atoms with Crippen molar-refractivity contribution in [3.8, 4) is 6.07 Å². The molecule has 1 amide bonds. The first-order valence-electron chi connectivity index (χ1n) is 6.33. The Bertz CT molecular complexity index is 781. The summed E-state index contributed by atoms with van der Waals surface area (Å²) < 4.78 is 0. The van der Waals surface area contributed by atoms with Crippen LogP contribution in [0.1, 0.15) is 15.9 Å². The first-order valence-corrected chi connectivity index (χ1v) is 6.33. The van der Waals surface area contributed by atoms with Crippen molar-refractivity contribution in [3.63, 3.8) is 0 Å². The van der Waals surface area contributed by atoms with E-state index in [9.17, 15) is 14.9 Å². The number of nitrogens with zero attached hydrogens (tertiary/aromatic N) is 2. The number of hydrogen-bond donors (Lipinski definition) is 2. The summed E-state index contributed by atoms with van der Waals surface area (Å²) in [5.41, 5.74) is 1.03. The maximum absolute atomic E-state index is 12.3. The quantitative estimate of drug-likeness (QED) is 0.666. The summed E-state index contributed by atoms with van der Waals surface area (Å²) in [5.74, 6) is -0.612. The third-order valence-electron chi connectivity index (χ3n) is 3.01. The number of carbonyl (C=O) groups excluding carboxylic acids is 1. The number of benzene rings is 2. The van der Waals surface area contributed by atoms with Crippen LogP contribution in [0.3, 0.4) is 0 Å². The summed E-state index contributed by atoms with van der Waals surface area (Å²) in [4.78, 5) is 22.6. The van der Waals surface area contributed by atoms with Crippen LogP contribution >= 0.6 is 0 Å². The van der Waals surface area contributed by atoms with Crippen LogP contribution in [-0.2, 0) is 0 Å². The van der Waals surface area contributed by atoms with Crippen molar-refractivity contribution >= 4 is 23.0 Å². The molecule has 0 heterocycles. The number of anilines is 2. The van der Waals surface area contributed by atoms with Gasteiger partial charge >= 0.3 is 0 Å². The van der Waals surface area contributed by atoms with Gasteiger partial charge in [0.25, 0.3) is 11.6 Å². The smallest absolute Gasteiger partial charge is 0.282 e. The lowest BCUT2D eigenvalue weighted by Gasteiger charge is -2.11. The zero-order chi connectivity index (χ0) is 16.1. The average Bonchev–Trinajstić information content (AvgIpc) is 2.54. The number of nitro benzene ring substituents is 1. The van der Waals surface area contributed by atoms with Gasteiger partial charge in [0, 0.05) is 13.1 Å². The molecule has 7 heteroatoms. The van der Waals surface area contributed by atoms with Crippen LogP contribution in [0.4, 0.5) is 17.1 Å². The molecule has 0 atom stereocenters. The van der Waals surface area contributed by atoms with E-state index < -0.39 is 10.8 Å². The topological polar surface area (TPSA) is 108 Å². The number of amides is 1. The highest BCUT2D eigenvalue weighted by molar-refractivity contribution is 6.08. The van der Waals surface area contributed by atoms with E-state index in [1.54, 1.807) is 25.2 Å². The summed E-state index contributed by atoms with van der Waals surface area (Å²) in [5, 5.41) is 25.4. The summed E-state index contributed by atoms with van der Waals surface area (Å²) in [6, 6.07) is 12.4. The summed E-state index contributed by atoms with van der Waals surface area (Å²) in [6.07, 6.45) is 0. The lowest BCUT2D eigenvalue weighted by atomic mass is 10.1. The van der Waals surface area contributed by atoms with Gasteiger partial charge in [0.05, 0.1) is 27.9 Å². The average molecular weight is 296 g/mol. The number of hydrogen-bond acceptors (Lipinski definition) is 5. The third-order valence-corrected chi connectivity index (χ3v) is 3.01. The molecule has 0 aliphatic carbocycles. The summed E-state index contributed by atoms with van der Waals surface area (Å²) >= 11 is 0. The Kier molecular flexibility index (Phi) is 4.34. The van der Waals surface area contributed by atoms with Gasteiger partial charge in [-0.25, -0.2) is 0 Å². The van der Waals surface area contributed by atoms with Crippen LogP contribution in [0, 0.1) is 21.4 Å². The van der Waals surface area contributed by atoms with Crippen LogP contribution < -0.4 is 10.6 Å². The predicted octanol–water partition coefficient (Wildman–Crippen LogP) is 2.76. The highest BCUT2D eigenvalue weighted by Crippen LogP contribution is 2.25. The molecule has 0 fully saturated rings. The number of para-hydroxylation sites is 1. The molecule has 0 bridgehead atoms. The second kappa shape index (κ2) is 6.37. The Labute approximate surface area is 126 Å². The van der Waals surface area contributed by atoms with Gasteiger partial charge in [0.1, 0.15) is 5.56 Å². The van der Waals surface area contributed by atoms with Crippen molar-refractivity contribution in [3.05, 3.63) is 63.7 Å². The van der Waals surface area contributed by atoms with Gasteiger partial charge < -0.3 is 10.6 Å². The van der Waals surface area contributed by atoms with Crippen molar-refractivity contribution in [1.82, 2.24) is 0 Å². The predicted molar refractivity (Wildman–Crippen MR) is 81.8 cm³/mol. The van der Waals surface area contributed by atoms with E-state index >= 15 is 0 Å². The van der Waals surface area contributed by atoms with E-state index in [0.717, 1.165) is 0 Å². The van der Waals surface area contributed by atoms with Gasteiger partial charge in [-0.2, -0.15) is 5.26 Å². The monoisotopic (exact) mass is 296 g/mol. The van der Waals surface area contributed by atoms with Crippen molar-refractivity contribution in [2.75, 3.05) is 17.7 Å². The van der Waals surface area contributed by atoms with Crippen molar-refractivity contribution in [1.29, 1.82) is 5.26 Å². The molecule has 110 valence electrons. The normalized spacial score (nSPS) is 9.64. The SMILES string of the molecule is CNc1ccc(C#N)cc1NC(=O)c1ccccc1[N+](=O)[O-]. The molecule has 0 saturated heterocycles. The van der Waals surface area contributed by atoms with Crippen LogP contribution in [0.2, 0.25) is 0 Å². The zero-order valence-electron chi connectivity index (χ0n) is 11.7. The van der Waals surface area contributed by atoms with Crippen molar-refractivity contribution in [2.45, 2.75) is 0 Å². The Hall–Kier alpha value is -3.40.